The molecule has 0 N–H and O–H groups in total. The van der Waals surface area contributed by atoms with Crippen LogP contribution in [0, 0.1) is 0 Å². The first-order valence-electron chi connectivity index (χ1n) is 7.39. The van der Waals surface area contributed by atoms with Gasteiger partial charge in [-0.25, -0.2) is 0 Å². The summed E-state index contributed by atoms with van der Waals surface area (Å²) in [6.45, 7) is 0. The van der Waals surface area contributed by atoms with Crippen molar-refractivity contribution in [2.75, 3.05) is 0 Å². The molecule has 0 bridgehead atoms. The van der Waals surface area contributed by atoms with E-state index in [4.69, 9.17) is 0 Å². The first kappa shape index (κ1) is 14.0. The predicted molar refractivity (Wildman–Crippen MR) is 102 cm³/mol. The molecule has 0 unspecified atom stereocenters. The van der Waals surface area contributed by atoms with Crippen molar-refractivity contribution in [2.24, 2.45) is 0 Å². The molecule has 4 aromatic rings. The van der Waals surface area contributed by atoms with E-state index in [1.54, 1.807) is 9.81 Å². The van der Waals surface area contributed by atoms with E-state index in [1.165, 1.54) is 15.3 Å². The molecule has 1 aromatic carbocycles. The zero-order valence-electron chi connectivity index (χ0n) is 12.1. The second-order valence-electron chi connectivity index (χ2n) is 5.34. The van der Waals surface area contributed by atoms with Gasteiger partial charge in [0.2, 0.25) is 0 Å². The van der Waals surface area contributed by atoms with E-state index in [1.807, 2.05) is 34.9 Å². The van der Waals surface area contributed by atoms with Gasteiger partial charge >= 0.3 is 152 Å². The summed E-state index contributed by atoms with van der Waals surface area (Å²) >= 11 is 1.65. The third-order valence-corrected chi connectivity index (χ3v) is 17.3. The van der Waals surface area contributed by atoms with Crippen LogP contribution >= 0.6 is 22.7 Å². The van der Waals surface area contributed by atoms with Gasteiger partial charge in [-0.3, -0.25) is 0 Å². The number of aromatic nitrogens is 1. The van der Waals surface area contributed by atoms with Crippen molar-refractivity contribution in [3.63, 3.8) is 0 Å². The van der Waals surface area contributed by atoms with Crippen LogP contribution in [0.3, 0.4) is 0 Å². The zero-order chi connectivity index (χ0) is 15.2. The zero-order valence-corrected chi connectivity index (χ0v) is 17.2. The summed E-state index contributed by atoms with van der Waals surface area (Å²) < 4.78 is 4.85. The summed E-state index contributed by atoms with van der Waals surface area (Å²) in [7, 11) is 0. The van der Waals surface area contributed by atoms with Crippen LogP contribution in [0.25, 0.3) is 21.0 Å². The third-order valence-electron chi connectivity index (χ3n) is 4.06. The summed E-state index contributed by atoms with van der Waals surface area (Å²) in [6, 6.07) is 19.8. The maximum absolute atomic E-state index is 4.61. The molecule has 0 fully saturated rings. The second kappa shape index (κ2) is 5.63. The van der Waals surface area contributed by atoms with E-state index in [9.17, 15) is 0 Å². The number of nitrogens with zero attached hydrogens (tertiary/aromatic N) is 1. The van der Waals surface area contributed by atoms with Gasteiger partial charge in [0, 0.05) is 0 Å². The van der Waals surface area contributed by atoms with E-state index in [0.717, 1.165) is 5.69 Å². The van der Waals surface area contributed by atoms with E-state index in [-0.39, 0.29) is 0 Å². The molecular formula is C19H12BiNS2. The molecule has 0 radical (unpaired) electrons. The van der Waals surface area contributed by atoms with Gasteiger partial charge in [-0.1, -0.05) is 0 Å². The van der Waals surface area contributed by atoms with Gasteiger partial charge in [0.25, 0.3) is 0 Å². The summed E-state index contributed by atoms with van der Waals surface area (Å²) in [5.74, 6) is 0. The maximum atomic E-state index is 4.61. The van der Waals surface area contributed by atoms with Gasteiger partial charge in [-0.2, -0.15) is 0 Å². The van der Waals surface area contributed by atoms with E-state index < -0.39 is 21.8 Å². The molecule has 5 rings (SSSR count). The summed E-state index contributed by atoms with van der Waals surface area (Å²) in [4.78, 5) is 7.67. The third kappa shape index (κ3) is 2.16. The van der Waals surface area contributed by atoms with Crippen molar-refractivity contribution in [2.45, 2.75) is 0 Å². The van der Waals surface area contributed by atoms with Gasteiger partial charge in [-0.05, 0) is 0 Å². The molecule has 0 spiro atoms. The molecule has 1 nitrogen and oxygen atoms in total. The first-order valence-corrected chi connectivity index (χ1v) is 14.4. The van der Waals surface area contributed by atoms with Crippen LogP contribution in [0.1, 0.15) is 0 Å². The van der Waals surface area contributed by atoms with E-state index in [0.29, 0.717) is 0 Å². The average Bonchev–Trinajstić information content (AvgIpc) is 3.29. The SMILES string of the molecule is c1ccc(-c2cccc[c]2[Bi]2[c]3ccsc3-c3scc[c]32)nc1. The van der Waals surface area contributed by atoms with E-state index >= 15 is 0 Å². The number of thiophene rings is 2. The summed E-state index contributed by atoms with van der Waals surface area (Å²) in [6.07, 6.45) is 1.89. The van der Waals surface area contributed by atoms with E-state index in [2.05, 4.69) is 64.3 Å². The molecule has 23 heavy (non-hydrogen) atoms. The first-order chi connectivity index (χ1) is 11.4. The van der Waals surface area contributed by atoms with Gasteiger partial charge in [-0.15, -0.1) is 0 Å². The molecule has 1 aliphatic rings. The van der Waals surface area contributed by atoms with Crippen LogP contribution < -0.4 is 9.81 Å². The standard InChI is InChI=1S/C11H8N.C8H4S2.Bi/c1-2-6-10(7-3-1)11-8-4-5-9-12-11;1-3-7(9-5-1)8-4-2-6-10-8;/h1-6,8-9H;1-2,5-6H;. The van der Waals surface area contributed by atoms with Crippen LogP contribution in [0.15, 0.2) is 71.6 Å². The van der Waals surface area contributed by atoms with Gasteiger partial charge < -0.3 is 0 Å². The van der Waals surface area contributed by atoms with Crippen molar-refractivity contribution in [1.29, 1.82) is 0 Å². The molecule has 3 aromatic heterocycles. The Balaban J connectivity index is 1.76. The Morgan fingerprint density at radius 3 is 2.09 bits per heavy atom. The fourth-order valence-electron chi connectivity index (χ4n) is 3.09. The number of hydrogen-bond donors (Lipinski definition) is 0. The Hall–Kier alpha value is -1.35. The van der Waals surface area contributed by atoms with Crippen molar-refractivity contribution in [3.05, 3.63) is 71.6 Å². The van der Waals surface area contributed by atoms with Crippen molar-refractivity contribution >= 4 is 54.2 Å². The molecule has 4 heterocycles. The molecule has 0 saturated carbocycles. The van der Waals surface area contributed by atoms with Crippen LogP contribution in [0.4, 0.5) is 0 Å². The number of pyridine rings is 1. The van der Waals surface area contributed by atoms with Crippen LogP contribution in [-0.2, 0) is 0 Å². The Kier molecular flexibility index (Phi) is 3.43. The van der Waals surface area contributed by atoms with Gasteiger partial charge in [0.1, 0.15) is 0 Å². The van der Waals surface area contributed by atoms with Crippen LogP contribution in [0.2, 0.25) is 0 Å². The fourth-order valence-corrected chi connectivity index (χ4v) is 18.9. The molecule has 1 aliphatic heterocycles. The monoisotopic (exact) mass is 527 g/mol. The van der Waals surface area contributed by atoms with Gasteiger partial charge in [0.05, 0.1) is 0 Å². The molecule has 4 heteroatoms. The summed E-state index contributed by atoms with van der Waals surface area (Å²) in [5, 5.41) is 4.53. The topological polar surface area (TPSA) is 12.9 Å². The molecule has 0 atom stereocenters. The fraction of sp³-hybridized carbons (Fsp3) is 0. The minimum absolute atomic E-state index is 1.10. The van der Waals surface area contributed by atoms with Crippen LogP contribution in [0.5, 0.6) is 0 Å². The normalized spacial score (nSPS) is 13.0. The molecular weight excluding hydrogens is 515 g/mol. The predicted octanol–water partition coefficient (Wildman–Crippen LogP) is 3.37. The quantitative estimate of drug-likeness (QED) is 0.321. The number of benzene rings is 1. The second-order valence-corrected chi connectivity index (χ2v) is 15.4. The van der Waals surface area contributed by atoms with Crippen molar-refractivity contribution in [3.8, 4) is 21.0 Å². The van der Waals surface area contributed by atoms with Gasteiger partial charge in [0.15, 0.2) is 0 Å². The number of fused-ring (bicyclic) bond motifs is 3. The number of rotatable bonds is 2. The Bertz CT molecular complexity index is 947. The Morgan fingerprint density at radius 1 is 0.696 bits per heavy atom. The van der Waals surface area contributed by atoms with Crippen LogP contribution in [-0.4, -0.2) is 26.7 Å². The minimum atomic E-state index is -2.16. The van der Waals surface area contributed by atoms with Crippen molar-refractivity contribution < 1.29 is 0 Å². The molecule has 0 saturated heterocycles. The Morgan fingerprint density at radius 2 is 1.39 bits per heavy atom. The number of hydrogen-bond acceptors (Lipinski definition) is 3. The Labute approximate surface area is 151 Å². The molecule has 0 amide bonds. The molecule has 0 aliphatic carbocycles. The summed E-state index contributed by atoms with van der Waals surface area (Å²) in [5.41, 5.74) is 2.42. The average molecular weight is 527 g/mol. The molecule has 110 valence electrons. The van der Waals surface area contributed by atoms with Crippen molar-refractivity contribution in [1.82, 2.24) is 4.98 Å².